The van der Waals surface area contributed by atoms with Gasteiger partial charge in [-0.3, -0.25) is 0 Å². The summed E-state index contributed by atoms with van der Waals surface area (Å²) in [4.78, 5) is 5.48. The first-order valence-corrected chi connectivity index (χ1v) is 7.01. The van der Waals surface area contributed by atoms with Gasteiger partial charge in [0, 0.05) is 11.8 Å². The fraction of sp³-hybridized carbons (Fsp3) is 0.0667. The van der Waals surface area contributed by atoms with E-state index in [1.165, 1.54) is 15.8 Å². The second kappa shape index (κ2) is 3.22. The SMILES string of the molecule is c1ccc2c(c1)C[n+]1c-2oc2sc3cccnc3c21. The summed E-state index contributed by atoms with van der Waals surface area (Å²) in [6.45, 7) is 0.876. The molecule has 0 radical (unpaired) electrons. The van der Waals surface area contributed by atoms with Crippen LogP contribution < -0.4 is 4.57 Å². The van der Waals surface area contributed by atoms with E-state index < -0.39 is 0 Å². The smallest absolute Gasteiger partial charge is 0.383 e. The zero-order valence-corrected chi connectivity index (χ0v) is 10.8. The Hall–Kier alpha value is -2.20. The first-order valence-electron chi connectivity index (χ1n) is 6.20. The number of aromatic nitrogens is 2. The molecule has 0 spiro atoms. The van der Waals surface area contributed by atoms with Crippen LogP contribution in [-0.4, -0.2) is 4.98 Å². The fourth-order valence-corrected chi connectivity index (χ4v) is 3.85. The molecule has 0 N–H and O–H groups in total. The summed E-state index contributed by atoms with van der Waals surface area (Å²) in [5, 5.41) is 0. The molecule has 3 nitrogen and oxygen atoms in total. The number of hydrogen-bond acceptors (Lipinski definition) is 3. The van der Waals surface area contributed by atoms with Gasteiger partial charge < -0.3 is 4.42 Å². The lowest BCUT2D eigenvalue weighted by Gasteiger charge is -1.88. The first-order chi connectivity index (χ1) is 9.42. The zero-order chi connectivity index (χ0) is 12.4. The highest BCUT2D eigenvalue weighted by molar-refractivity contribution is 7.25. The molecule has 5 rings (SSSR count). The molecule has 90 valence electrons. The second-order valence-corrected chi connectivity index (χ2v) is 5.75. The minimum atomic E-state index is 0.876. The van der Waals surface area contributed by atoms with Gasteiger partial charge in [0.15, 0.2) is 12.1 Å². The van der Waals surface area contributed by atoms with Gasteiger partial charge in [0.25, 0.3) is 10.4 Å². The Bertz CT molecular complexity index is 951. The lowest BCUT2D eigenvalue weighted by atomic mass is 10.1. The van der Waals surface area contributed by atoms with Gasteiger partial charge in [-0.15, -0.1) is 4.57 Å². The molecule has 0 unspecified atom stereocenters. The van der Waals surface area contributed by atoms with E-state index >= 15 is 0 Å². The molecule has 1 aliphatic rings. The topological polar surface area (TPSA) is 29.9 Å². The Labute approximate surface area is 112 Å². The van der Waals surface area contributed by atoms with Crippen molar-refractivity contribution in [1.82, 2.24) is 4.98 Å². The molecule has 4 aromatic rings. The third-order valence-corrected chi connectivity index (χ3v) is 4.68. The Morgan fingerprint density at radius 3 is 3.11 bits per heavy atom. The quantitative estimate of drug-likeness (QED) is 0.402. The maximum Gasteiger partial charge on any atom is 0.383 e. The summed E-state index contributed by atoms with van der Waals surface area (Å²) in [5.74, 6) is 0.962. The van der Waals surface area contributed by atoms with Crippen LogP contribution in [0.1, 0.15) is 5.56 Å². The van der Waals surface area contributed by atoms with Crippen molar-refractivity contribution >= 4 is 32.0 Å². The maximum absolute atomic E-state index is 6.06. The van der Waals surface area contributed by atoms with Gasteiger partial charge in [-0.1, -0.05) is 29.5 Å². The van der Waals surface area contributed by atoms with Crippen LogP contribution in [0.15, 0.2) is 47.0 Å². The van der Waals surface area contributed by atoms with E-state index in [2.05, 4.69) is 39.9 Å². The zero-order valence-electron chi connectivity index (χ0n) is 9.96. The standard InChI is InChI=1S/C15H9N2OS/c1-2-5-10-9(4-1)8-17-13-12-11(6-3-7-16-12)19-15(13)18-14(10)17/h1-7H,8H2/q+1. The van der Waals surface area contributed by atoms with Crippen molar-refractivity contribution in [1.29, 1.82) is 0 Å². The molecule has 0 atom stereocenters. The van der Waals surface area contributed by atoms with Gasteiger partial charge in [0.05, 0.1) is 10.3 Å². The third-order valence-electron chi connectivity index (χ3n) is 3.67. The summed E-state index contributed by atoms with van der Waals surface area (Å²) in [5.41, 5.74) is 4.70. The second-order valence-electron chi connectivity index (χ2n) is 4.74. The van der Waals surface area contributed by atoms with Crippen molar-refractivity contribution in [3.8, 4) is 11.5 Å². The Balaban J connectivity index is 1.94. The van der Waals surface area contributed by atoms with Gasteiger partial charge >= 0.3 is 5.89 Å². The lowest BCUT2D eigenvalue weighted by Crippen LogP contribution is -2.30. The van der Waals surface area contributed by atoms with Crippen LogP contribution in [0.25, 0.3) is 32.1 Å². The molecule has 0 saturated carbocycles. The molecule has 0 bridgehead atoms. The van der Waals surface area contributed by atoms with Crippen LogP contribution in [0, 0.1) is 0 Å². The third kappa shape index (κ3) is 1.12. The van der Waals surface area contributed by atoms with Crippen LogP contribution in [-0.2, 0) is 6.54 Å². The monoisotopic (exact) mass is 265 g/mol. The molecule has 0 fully saturated rings. The molecule has 1 aliphatic heterocycles. The maximum atomic E-state index is 6.06. The normalized spacial score (nSPS) is 13.1. The summed E-state index contributed by atoms with van der Waals surface area (Å²) < 4.78 is 9.49. The highest BCUT2D eigenvalue weighted by Crippen LogP contribution is 2.37. The number of benzene rings is 1. The molecule has 4 heteroatoms. The molecule has 19 heavy (non-hydrogen) atoms. The molecular weight excluding hydrogens is 256 g/mol. The van der Waals surface area contributed by atoms with Crippen molar-refractivity contribution in [2.45, 2.75) is 6.54 Å². The molecule has 4 heterocycles. The Morgan fingerprint density at radius 2 is 2.11 bits per heavy atom. The number of nitrogens with zero attached hydrogens (tertiary/aromatic N) is 2. The summed E-state index contributed by atoms with van der Waals surface area (Å²) in [6, 6.07) is 12.5. The highest BCUT2D eigenvalue weighted by Gasteiger charge is 2.35. The highest BCUT2D eigenvalue weighted by atomic mass is 32.1. The molecule has 0 aliphatic carbocycles. The van der Waals surface area contributed by atoms with Crippen LogP contribution >= 0.6 is 11.3 Å². The van der Waals surface area contributed by atoms with Crippen LogP contribution in [0.5, 0.6) is 0 Å². The van der Waals surface area contributed by atoms with Crippen molar-refractivity contribution in [2.24, 2.45) is 0 Å². The van der Waals surface area contributed by atoms with Gasteiger partial charge in [0.2, 0.25) is 0 Å². The number of thiophene rings is 1. The van der Waals surface area contributed by atoms with E-state index in [9.17, 15) is 0 Å². The van der Waals surface area contributed by atoms with E-state index in [0.29, 0.717) is 0 Å². The molecule has 1 aromatic carbocycles. The fourth-order valence-electron chi connectivity index (χ4n) is 2.84. The van der Waals surface area contributed by atoms with Crippen LogP contribution in [0.4, 0.5) is 0 Å². The number of rotatable bonds is 0. The number of oxazole rings is 1. The number of hydrogen-bond donors (Lipinski definition) is 0. The predicted molar refractivity (Wildman–Crippen MR) is 74.1 cm³/mol. The van der Waals surface area contributed by atoms with Gasteiger partial charge in [-0.05, 0) is 18.2 Å². The summed E-state index contributed by atoms with van der Waals surface area (Å²) in [7, 11) is 0. The van der Waals surface area contributed by atoms with Crippen molar-refractivity contribution in [3.63, 3.8) is 0 Å². The Morgan fingerprint density at radius 1 is 1.16 bits per heavy atom. The van der Waals surface area contributed by atoms with E-state index in [0.717, 1.165) is 28.4 Å². The van der Waals surface area contributed by atoms with Crippen LogP contribution in [0.2, 0.25) is 0 Å². The number of pyridine rings is 1. The predicted octanol–water partition coefficient (Wildman–Crippen LogP) is 3.36. The van der Waals surface area contributed by atoms with Gasteiger partial charge in [-0.25, -0.2) is 4.98 Å². The molecule has 3 aromatic heterocycles. The average molecular weight is 265 g/mol. The molecular formula is C15H9N2OS+. The van der Waals surface area contributed by atoms with E-state index in [-0.39, 0.29) is 0 Å². The largest absolute Gasteiger partial charge is 0.386 e. The van der Waals surface area contributed by atoms with E-state index in [1.807, 2.05) is 12.3 Å². The van der Waals surface area contributed by atoms with Crippen molar-refractivity contribution in [3.05, 3.63) is 48.2 Å². The van der Waals surface area contributed by atoms with Crippen LogP contribution in [0.3, 0.4) is 0 Å². The molecule has 0 saturated heterocycles. The van der Waals surface area contributed by atoms with Crippen molar-refractivity contribution in [2.75, 3.05) is 0 Å². The van der Waals surface area contributed by atoms with E-state index in [1.54, 1.807) is 11.3 Å². The summed E-state index contributed by atoms with van der Waals surface area (Å²) in [6.07, 6.45) is 1.84. The molecule has 0 amide bonds. The number of fused-ring (bicyclic) bond motifs is 7. The summed E-state index contributed by atoms with van der Waals surface area (Å²) >= 11 is 1.67. The Kier molecular flexibility index (Phi) is 1.64. The first kappa shape index (κ1) is 9.69. The lowest BCUT2D eigenvalue weighted by molar-refractivity contribution is -0.648. The van der Waals surface area contributed by atoms with Gasteiger partial charge in [-0.2, -0.15) is 0 Å². The van der Waals surface area contributed by atoms with Crippen molar-refractivity contribution < 1.29 is 8.98 Å². The van der Waals surface area contributed by atoms with Gasteiger partial charge in [0.1, 0.15) is 0 Å². The van der Waals surface area contributed by atoms with E-state index in [4.69, 9.17) is 4.42 Å². The minimum absolute atomic E-state index is 0.876. The average Bonchev–Trinajstić information content (AvgIpc) is 3.05. The minimum Gasteiger partial charge on any atom is -0.386 e.